The molecule has 0 saturated carbocycles. The second-order valence-electron chi connectivity index (χ2n) is 4.73. The zero-order valence-corrected chi connectivity index (χ0v) is 11.2. The van der Waals surface area contributed by atoms with Crippen LogP contribution in [0.25, 0.3) is 0 Å². The number of hydrogen-bond acceptors (Lipinski definition) is 6. The highest BCUT2D eigenvalue weighted by Crippen LogP contribution is 2.31. The Morgan fingerprint density at radius 3 is 2.28 bits per heavy atom. The fourth-order valence-corrected chi connectivity index (χ4v) is 2.05. The first-order chi connectivity index (χ1) is 8.32. The van der Waals surface area contributed by atoms with Crippen LogP contribution in [-0.2, 0) is 23.8 Å². The first-order valence-electron chi connectivity index (χ1n) is 6.04. The smallest absolute Gasteiger partial charge is 0.303 e. The maximum absolute atomic E-state index is 11.1. The minimum Gasteiger partial charge on any atom is -0.463 e. The molecule has 18 heavy (non-hydrogen) atoms. The van der Waals surface area contributed by atoms with Crippen molar-refractivity contribution >= 4 is 11.9 Å². The Bertz CT molecular complexity index is 320. The van der Waals surface area contributed by atoms with Gasteiger partial charge in [0.1, 0.15) is 25.0 Å². The maximum atomic E-state index is 11.1. The van der Waals surface area contributed by atoms with Crippen LogP contribution >= 0.6 is 0 Å². The molecular formula is C12H21NO5. The highest BCUT2D eigenvalue weighted by atomic mass is 16.6. The number of ether oxygens (including phenoxy) is 3. The second-order valence-corrected chi connectivity index (χ2v) is 4.73. The maximum Gasteiger partial charge on any atom is 0.303 e. The number of hydrogen-bond donors (Lipinski definition) is 1. The molecule has 0 radical (unpaired) electrons. The number of nitrogens with two attached hydrogens (primary N) is 1. The molecule has 0 amide bonds. The molecule has 1 aliphatic rings. The van der Waals surface area contributed by atoms with Crippen LogP contribution in [-0.4, -0.2) is 37.0 Å². The lowest BCUT2D eigenvalue weighted by Crippen LogP contribution is -2.55. The molecule has 0 aromatic rings. The Kier molecular flexibility index (Phi) is 5.10. The molecule has 1 aliphatic heterocycles. The zero-order valence-electron chi connectivity index (χ0n) is 11.2. The number of carbonyl (C=O) groups is 2. The van der Waals surface area contributed by atoms with Gasteiger partial charge in [0.15, 0.2) is 0 Å². The fraction of sp³-hybridized carbons (Fsp3) is 0.833. The predicted molar refractivity (Wildman–Crippen MR) is 63.4 cm³/mol. The molecule has 1 rings (SSSR count). The molecule has 1 saturated heterocycles. The summed E-state index contributed by atoms with van der Waals surface area (Å²) in [4.78, 5) is 21.9. The predicted octanol–water partition coefficient (Wildman–Crippen LogP) is 0.437. The van der Waals surface area contributed by atoms with Crippen LogP contribution in [0.2, 0.25) is 0 Å². The van der Waals surface area contributed by atoms with Gasteiger partial charge in [0.2, 0.25) is 0 Å². The molecule has 6 heteroatoms. The van der Waals surface area contributed by atoms with Crippen molar-refractivity contribution in [2.24, 2.45) is 17.6 Å². The summed E-state index contributed by atoms with van der Waals surface area (Å²) in [5.74, 6) is -0.688. The average Bonchev–Trinajstić information content (AvgIpc) is 2.27. The lowest BCUT2D eigenvalue weighted by Gasteiger charge is -2.42. The molecule has 5 atom stereocenters. The van der Waals surface area contributed by atoms with Crippen LogP contribution in [0.5, 0.6) is 0 Å². The van der Waals surface area contributed by atoms with Crippen molar-refractivity contribution in [1.29, 1.82) is 0 Å². The molecule has 104 valence electrons. The number of rotatable bonds is 3. The van der Waals surface area contributed by atoms with Crippen molar-refractivity contribution in [3.05, 3.63) is 0 Å². The monoisotopic (exact) mass is 259 g/mol. The molecule has 0 aromatic carbocycles. The molecule has 6 nitrogen and oxygen atoms in total. The summed E-state index contributed by atoms with van der Waals surface area (Å²) in [7, 11) is 0. The van der Waals surface area contributed by atoms with Gasteiger partial charge in [-0.05, 0) is 0 Å². The summed E-state index contributed by atoms with van der Waals surface area (Å²) in [6.07, 6.45) is -1.41. The SMILES string of the molecule is CC(=O)OCC1OC(N)C(C)C(C)C1OC(C)=O. The second kappa shape index (κ2) is 6.15. The van der Waals surface area contributed by atoms with E-state index in [9.17, 15) is 9.59 Å². The summed E-state index contributed by atoms with van der Waals surface area (Å²) in [5.41, 5.74) is 5.86. The highest BCUT2D eigenvalue weighted by Gasteiger charge is 2.42. The van der Waals surface area contributed by atoms with Crippen LogP contribution in [0.3, 0.4) is 0 Å². The van der Waals surface area contributed by atoms with Gasteiger partial charge < -0.3 is 19.9 Å². The third kappa shape index (κ3) is 3.68. The van der Waals surface area contributed by atoms with Gasteiger partial charge in [-0.1, -0.05) is 13.8 Å². The topological polar surface area (TPSA) is 87.8 Å². The normalized spacial score (nSPS) is 35.9. The first-order valence-corrected chi connectivity index (χ1v) is 6.04. The van der Waals surface area contributed by atoms with E-state index in [1.165, 1.54) is 13.8 Å². The molecule has 0 aliphatic carbocycles. The van der Waals surface area contributed by atoms with E-state index >= 15 is 0 Å². The van der Waals surface area contributed by atoms with Gasteiger partial charge in [0.05, 0.1) is 0 Å². The molecule has 0 bridgehead atoms. The van der Waals surface area contributed by atoms with E-state index in [4.69, 9.17) is 19.9 Å². The molecular weight excluding hydrogens is 238 g/mol. The summed E-state index contributed by atoms with van der Waals surface area (Å²) < 4.78 is 15.7. The molecule has 0 spiro atoms. The summed E-state index contributed by atoms with van der Waals surface area (Å²) in [6, 6.07) is 0. The minimum atomic E-state index is -0.515. The molecule has 1 fully saturated rings. The van der Waals surface area contributed by atoms with Crippen molar-refractivity contribution in [3.8, 4) is 0 Å². The van der Waals surface area contributed by atoms with E-state index in [1.54, 1.807) is 0 Å². The average molecular weight is 259 g/mol. The molecule has 2 N–H and O–H groups in total. The Labute approximate surface area is 107 Å². The van der Waals surface area contributed by atoms with Crippen LogP contribution < -0.4 is 5.73 Å². The fourth-order valence-electron chi connectivity index (χ4n) is 2.05. The Balaban J connectivity index is 2.75. The zero-order chi connectivity index (χ0) is 13.9. The molecule has 5 unspecified atom stereocenters. The van der Waals surface area contributed by atoms with Crippen LogP contribution in [0.1, 0.15) is 27.7 Å². The van der Waals surface area contributed by atoms with Crippen LogP contribution in [0.15, 0.2) is 0 Å². The van der Waals surface area contributed by atoms with Crippen molar-refractivity contribution in [2.45, 2.75) is 46.1 Å². The largest absolute Gasteiger partial charge is 0.463 e. The van der Waals surface area contributed by atoms with Crippen molar-refractivity contribution in [2.75, 3.05) is 6.61 Å². The first kappa shape index (κ1) is 14.9. The van der Waals surface area contributed by atoms with Crippen LogP contribution in [0, 0.1) is 11.8 Å². The van der Waals surface area contributed by atoms with Gasteiger partial charge in [0.25, 0.3) is 0 Å². The Morgan fingerprint density at radius 1 is 1.17 bits per heavy atom. The Morgan fingerprint density at radius 2 is 1.78 bits per heavy atom. The quantitative estimate of drug-likeness (QED) is 0.740. The van der Waals surface area contributed by atoms with Gasteiger partial charge >= 0.3 is 11.9 Å². The van der Waals surface area contributed by atoms with Crippen molar-refractivity contribution in [3.63, 3.8) is 0 Å². The van der Waals surface area contributed by atoms with Crippen molar-refractivity contribution in [1.82, 2.24) is 0 Å². The van der Waals surface area contributed by atoms with E-state index in [1.807, 2.05) is 13.8 Å². The highest BCUT2D eigenvalue weighted by molar-refractivity contribution is 5.66. The standard InChI is InChI=1S/C12H21NO5/c1-6-7(2)12(13)18-10(5-16-8(3)14)11(6)17-9(4)15/h6-7,10-12H,5,13H2,1-4H3. The van der Waals surface area contributed by atoms with E-state index in [-0.39, 0.29) is 24.4 Å². The lowest BCUT2D eigenvalue weighted by molar-refractivity contribution is -0.204. The van der Waals surface area contributed by atoms with Gasteiger partial charge in [-0.15, -0.1) is 0 Å². The number of carbonyl (C=O) groups excluding carboxylic acids is 2. The Hall–Kier alpha value is -1.14. The van der Waals surface area contributed by atoms with Crippen LogP contribution in [0.4, 0.5) is 0 Å². The summed E-state index contributed by atoms with van der Waals surface area (Å²) >= 11 is 0. The number of esters is 2. The summed E-state index contributed by atoms with van der Waals surface area (Å²) in [6.45, 7) is 6.58. The molecule has 1 heterocycles. The van der Waals surface area contributed by atoms with E-state index in [2.05, 4.69) is 0 Å². The van der Waals surface area contributed by atoms with E-state index < -0.39 is 24.4 Å². The third-order valence-electron chi connectivity index (χ3n) is 3.32. The molecule has 0 aromatic heterocycles. The van der Waals surface area contributed by atoms with E-state index in [0.717, 1.165) is 0 Å². The minimum absolute atomic E-state index is 0.0397. The van der Waals surface area contributed by atoms with Gasteiger partial charge in [-0.3, -0.25) is 9.59 Å². The van der Waals surface area contributed by atoms with Gasteiger partial charge in [0, 0.05) is 25.7 Å². The van der Waals surface area contributed by atoms with Crippen molar-refractivity contribution < 1.29 is 23.8 Å². The lowest BCUT2D eigenvalue weighted by atomic mass is 9.84. The van der Waals surface area contributed by atoms with Gasteiger partial charge in [-0.2, -0.15) is 0 Å². The third-order valence-corrected chi connectivity index (χ3v) is 3.32. The van der Waals surface area contributed by atoms with E-state index in [0.29, 0.717) is 0 Å². The van der Waals surface area contributed by atoms with Gasteiger partial charge in [-0.25, -0.2) is 0 Å². The summed E-state index contributed by atoms with van der Waals surface area (Å²) in [5, 5.41) is 0.